The number of carbonyl (C=O) groups excluding carboxylic acids is 1. The van der Waals surface area contributed by atoms with Crippen LogP contribution in [0, 0.1) is 12.7 Å². The summed E-state index contributed by atoms with van der Waals surface area (Å²) in [6.45, 7) is 6.44. The molecule has 2 N–H and O–H groups in total. The summed E-state index contributed by atoms with van der Waals surface area (Å²) in [5.74, 6) is 0.501. The summed E-state index contributed by atoms with van der Waals surface area (Å²) in [6.07, 6.45) is 2.69. The van der Waals surface area contributed by atoms with Crippen molar-refractivity contribution in [2.75, 3.05) is 13.6 Å². The van der Waals surface area contributed by atoms with E-state index in [-0.39, 0.29) is 23.7 Å². The van der Waals surface area contributed by atoms with Gasteiger partial charge in [-0.15, -0.1) is 0 Å². The van der Waals surface area contributed by atoms with Gasteiger partial charge in [0.25, 0.3) is 5.91 Å². The second kappa shape index (κ2) is 8.84. The van der Waals surface area contributed by atoms with Gasteiger partial charge in [-0.05, 0) is 43.9 Å². The van der Waals surface area contributed by atoms with Crippen LogP contribution in [0.2, 0.25) is 0 Å². The molecule has 1 aliphatic rings. The van der Waals surface area contributed by atoms with Crippen molar-refractivity contribution in [1.82, 2.24) is 20.9 Å². The third kappa shape index (κ3) is 4.59. The van der Waals surface area contributed by atoms with Crippen molar-refractivity contribution < 1.29 is 13.7 Å². The second-order valence-corrected chi connectivity index (χ2v) is 7.86. The van der Waals surface area contributed by atoms with E-state index in [4.69, 9.17) is 4.52 Å². The molecule has 1 aromatic carbocycles. The van der Waals surface area contributed by atoms with Crippen LogP contribution in [0.5, 0.6) is 0 Å². The topological polar surface area (TPSA) is 70.4 Å². The molecule has 3 rings (SSSR count). The van der Waals surface area contributed by atoms with Gasteiger partial charge in [-0.1, -0.05) is 31.1 Å². The van der Waals surface area contributed by atoms with Gasteiger partial charge in [-0.25, -0.2) is 4.39 Å². The number of amides is 1. The molecule has 2 heterocycles. The molecule has 0 spiro atoms. The number of halogens is 1. The molecule has 6 nitrogen and oxygen atoms in total. The molecule has 152 valence electrons. The van der Waals surface area contributed by atoms with Gasteiger partial charge < -0.3 is 9.42 Å². The van der Waals surface area contributed by atoms with Crippen LogP contribution in [-0.4, -0.2) is 35.6 Å². The Labute approximate surface area is 165 Å². The van der Waals surface area contributed by atoms with E-state index in [1.165, 1.54) is 6.07 Å². The second-order valence-electron chi connectivity index (χ2n) is 7.86. The van der Waals surface area contributed by atoms with Crippen molar-refractivity contribution >= 4 is 5.91 Å². The number of hydrogen-bond acceptors (Lipinski definition) is 5. The summed E-state index contributed by atoms with van der Waals surface area (Å²) in [6, 6.07) is 7.09. The first-order chi connectivity index (χ1) is 13.4. The Morgan fingerprint density at radius 1 is 1.39 bits per heavy atom. The van der Waals surface area contributed by atoms with Crippen LogP contribution < -0.4 is 10.9 Å². The quantitative estimate of drug-likeness (QED) is 0.757. The highest BCUT2D eigenvalue weighted by atomic mass is 19.1. The van der Waals surface area contributed by atoms with Crippen LogP contribution >= 0.6 is 0 Å². The third-order valence-corrected chi connectivity index (χ3v) is 5.25. The Balaban J connectivity index is 1.49. The van der Waals surface area contributed by atoms with E-state index in [2.05, 4.69) is 16.0 Å². The maximum Gasteiger partial charge on any atom is 0.259 e. The number of aromatic nitrogens is 1. The molecule has 1 saturated heterocycles. The van der Waals surface area contributed by atoms with Gasteiger partial charge in [0.05, 0.1) is 5.69 Å². The highest BCUT2D eigenvalue weighted by Gasteiger charge is 2.27. The van der Waals surface area contributed by atoms with Gasteiger partial charge in [0.1, 0.15) is 11.4 Å². The van der Waals surface area contributed by atoms with E-state index in [0.29, 0.717) is 29.6 Å². The fourth-order valence-corrected chi connectivity index (χ4v) is 3.66. The van der Waals surface area contributed by atoms with E-state index >= 15 is 0 Å². The van der Waals surface area contributed by atoms with Crippen molar-refractivity contribution in [3.63, 3.8) is 0 Å². The number of nitrogens with one attached hydrogen (secondary N) is 2. The Kier molecular flexibility index (Phi) is 6.46. The van der Waals surface area contributed by atoms with Crippen molar-refractivity contribution in [3.8, 4) is 0 Å². The molecular formula is C21H29FN4O2. The zero-order valence-corrected chi connectivity index (χ0v) is 17.0. The molecule has 0 aliphatic carbocycles. The Morgan fingerprint density at radius 3 is 2.89 bits per heavy atom. The molecule has 1 aliphatic heterocycles. The summed E-state index contributed by atoms with van der Waals surface area (Å²) in [4.78, 5) is 14.5. The van der Waals surface area contributed by atoms with Gasteiger partial charge >= 0.3 is 0 Å². The molecule has 2 aromatic rings. The zero-order valence-electron chi connectivity index (χ0n) is 17.0. The first kappa shape index (κ1) is 20.5. The normalized spacial score (nSPS) is 19.4. The fourth-order valence-electron chi connectivity index (χ4n) is 3.66. The van der Waals surface area contributed by atoms with Crippen molar-refractivity contribution in [2.24, 2.45) is 0 Å². The summed E-state index contributed by atoms with van der Waals surface area (Å²) in [5.41, 5.74) is 8.71. The van der Waals surface area contributed by atoms with E-state index in [0.717, 1.165) is 24.8 Å². The molecule has 1 fully saturated rings. The lowest BCUT2D eigenvalue weighted by Gasteiger charge is -2.19. The SMILES string of the molecule is Cc1noc(C(C)C)c1C(=O)N(C)CCCC1CC(c2cccc(F)c2)NN1. The maximum atomic E-state index is 13.4. The average Bonchev–Trinajstić information content (AvgIpc) is 3.28. The van der Waals surface area contributed by atoms with E-state index in [9.17, 15) is 9.18 Å². The van der Waals surface area contributed by atoms with Crippen LogP contribution in [0.1, 0.15) is 72.4 Å². The van der Waals surface area contributed by atoms with Gasteiger partial charge in [0.15, 0.2) is 5.76 Å². The van der Waals surface area contributed by atoms with Crippen LogP contribution in [-0.2, 0) is 0 Å². The lowest BCUT2D eigenvalue weighted by Crippen LogP contribution is -2.33. The van der Waals surface area contributed by atoms with E-state index < -0.39 is 0 Å². The molecule has 7 heteroatoms. The Bertz CT molecular complexity index is 820. The minimum atomic E-state index is -0.215. The van der Waals surface area contributed by atoms with E-state index in [1.807, 2.05) is 27.0 Å². The number of rotatable bonds is 7. The standard InChI is InChI=1S/C21H29FN4O2/c1-13(2)20-19(14(3)25-28-20)21(27)26(4)10-6-9-17-12-18(24-23-17)15-7-5-8-16(22)11-15/h5,7-8,11,13,17-18,23-24H,6,9-10,12H2,1-4H3. The van der Waals surface area contributed by atoms with Crippen molar-refractivity contribution in [2.45, 2.75) is 58.0 Å². The minimum absolute atomic E-state index is 0.0439. The van der Waals surface area contributed by atoms with Crippen LogP contribution in [0.4, 0.5) is 4.39 Å². The Morgan fingerprint density at radius 2 is 2.18 bits per heavy atom. The van der Waals surface area contributed by atoms with Gasteiger partial charge in [0, 0.05) is 31.6 Å². The highest BCUT2D eigenvalue weighted by Crippen LogP contribution is 2.25. The van der Waals surface area contributed by atoms with Crippen LogP contribution in [0.15, 0.2) is 28.8 Å². The van der Waals surface area contributed by atoms with Gasteiger partial charge in [-0.3, -0.25) is 15.6 Å². The molecule has 0 bridgehead atoms. The molecule has 28 heavy (non-hydrogen) atoms. The molecule has 2 atom stereocenters. The molecule has 0 radical (unpaired) electrons. The predicted octanol–water partition coefficient (Wildman–Crippen LogP) is 3.71. The molecule has 1 amide bonds. The summed E-state index contributed by atoms with van der Waals surface area (Å²) >= 11 is 0. The number of hydrazine groups is 1. The zero-order chi connectivity index (χ0) is 20.3. The van der Waals surface area contributed by atoms with Gasteiger partial charge in [-0.2, -0.15) is 0 Å². The largest absolute Gasteiger partial charge is 0.360 e. The smallest absolute Gasteiger partial charge is 0.259 e. The van der Waals surface area contributed by atoms with E-state index in [1.54, 1.807) is 24.0 Å². The molecule has 1 aromatic heterocycles. The molecular weight excluding hydrogens is 359 g/mol. The summed E-state index contributed by atoms with van der Waals surface area (Å²) in [7, 11) is 1.81. The van der Waals surface area contributed by atoms with Crippen molar-refractivity contribution in [1.29, 1.82) is 0 Å². The fraction of sp³-hybridized carbons (Fsp3) is 0.524. The first-order valence-corrected chi connectivity index (χ1v) is 9.85. The lowest BCUT2D eigenvalue weighted by molar-refractivity contribution is 0.0788. The third-order valence-electron chi connectivity index (χ3n) is 5.25. The Hall–Kier alpha value is -2.25. The maximum absolute atomic E-state index is 13.4. The number of hydrogen-bond donors (Lipinski definition) is 2. The predicted molar refractivity (Wildman–Crippen MR) is 105 cm³/mol. The van der Waals surface area contributed by atoms with Gasteiger partial charge in [0.2, 0.25) is 0 Å². The number of aryl methyl sites for hydroxylation is 1. The van der Waals surface area contributed by atoms with Crippen LogP contribution in [0.3, 0.4) is 0 Å². The number of benzene rings is 1. The molecule has 0 saturated carbocycles. The molecule has 2 unspecified atom stereocenters. The number of nitrogens with zero attached hydrogens (tertiary/aromatic N) is 2. The first-order valence-electron chi connectivity index (χ1n) is 9.85. The average molecular weight is 388 g/mol. The van der Waals surface area contributed by atoms with Crippen molar-refractivity contribution in [3.05, 3.63) is 52.7 Å². The minimum Gasteiger partial charge on any atom is -0.360 e. The lowest BCUT2D eigenvalue weighted by atomic mass is 9.99. The highest BCUT2D eigenvalue weighted by molar-refractivity contribution is 5.96. The number of carbonyl (C=O) groups is 1. The monoisotopic (exact) mass is 388 g/mol. The van der Waals surface area contributed by atoms with Crippen LogP contribution in [0.25, 0.3) is 0 Å². The summed E-state index contributed by atoms with van der Waals surface area (Å²) < 4.78 is 18.7. The summed E-state index contributed by atoms with van der Waals surface area (Å²) in [5, 5.41) is 3.96.